The molecule has 0 aromatic carbocycles. The number of esters is 1. The molecule has 0 aliphatic heterocycles. The third kappa shape index (κ3) is 3.32. The van der Waals surface area contributed by atoms with Crippen LogP contribution in [0.2, 0.25) is 0 Å². The van der Waals surface area contributed by atoms with E-state index in [4.69, 9.17) is 0 Å². The van der Waals surface area contributed by atoms with E-state index in [1.165, 1.54) is 13.3 Å². The molecule has 0 fully saturated rings. The van der Waals surface area contributed by atoms with E-state index in [1.807, 2.05) is 6.92 Å². The Morgan fingerprint density at radius 2 is 2.11 bits per heavy atom. The van der Waals surface area contributed by atoms with Crippen LogP contribution < -0.4 is 0 Å². The van der Waals surface area contributed by atoms with Gasteiger partial charge in [-0.05, 0) is 13.3 Å². The third-order valence-corrected chi connectivity index (χ3v) is 2.72. The Labute approximate surface area is 107 Å². The van der Waals surface area contributed by atoms with Gasteiger partial charge in [0.2, 0.25) is 5.91 Å². The fourth-order valence-electron chi connectivity index (χ4n) is 1.63. The van der Waals surface area contributed by atoms with Gasteiger partial charge in [0.1, 0.15) is 11.5 Å². The second kappa shape index (κ2) is 6.18. The maximum atomic E-state index is 11.5. The molecule has 6 nitrogen and oxygen atoms in total. The first kappa shape index (κ1) is 14.2. The van der Waals surface area contributed by atoms with Gasteiger partial charge < -0.3 is 14.2 Å². The van der Waals surface area contributed by atoms with Crippen LogP contribution in [0.4, 0.5) is 0 Å². The van der Waals surface area contributed by atoms with Crippen LogP contribution in [0.25, 0.3) is 0 Å². The van der Waals surface area contributed by atoms with Gasteiger partial charge in [0.05, 0.1) is 13.3 Å². The van der Waals surface area contributed by atoms with Crippen LogP contribution in [0.15, 0.2) is 6.20 Å². The molecule has 0 aliphatic rings. The summed E-state index contributed by atoms with van der Waals surface area (Å²) in [6.45, 7) is 2.40. The molecule has 1 aromatic rings. The molecule has 0 aliphatic carbocycles. The molecule has 100 valence electrons. The number of carbonyl (C=O) groups excluding carboxylic acids is 2. The van der Waals surface area contributed by atoms with E-state index in [-0.39, 0.29) is 5.91 Å². The number of imidazole rings is 1. The Morgan fingerprint density at radius 3 is 2.67 bits per heavy atom. The first-order valence-electron chi connectivity index (χ1n) is 5.78. The van der Waals surface area contributed by atoms with Crippen molar-refractivity contribution >= 4 is 11.9 Å². The molecule has 1 amide bonds. The van der Waals surface area contributed by atoms with Gasteiger partial charge in [-0.15, -0.1) is 0 Å². The van der Waals surface area contributed by atoms with E-state index in [9.17, 15) is 9.59 Å². The molecule has 0 atom stereocenters. The number of methoxy groups -OCH3 is 1. The summed E-state index contributed by atoms with van der Waals surface area (Å²) in [6.07, 6.45) is 2.61. The predicted octanol–water partition coefficient (Wildman–Crippen LogP) is 0.847. The molecule has 0 unspecified atom stereocenters. The number of nitrogens with zero attached hydrogens (tertiary/aromatic N) is 3. The second-order valence-electron chi connectivity index (χ2n) is 4.23. The summed E-state index contributed by atoms with van der Waals surface area (Å²) in [4.78, 5) is 28.6. The van der Waals surface area contributed by atoms with Crippen LogP contribution in [-0.2, 0) is 16.1 Å². The fourth-order valence-corrected chi connectivity index (χ4v) is 1.63. The predicted molar refractivity (Wildman–Crippen MR) is 66.2 cm³/mol. The summed E-state index contributed by atoms with van der Waals surface area (Å²) in [5, 5.41) is 0. The average molecular weight is 253 g/mol. The first-order valence-corrected chi connectivity index (χ1v) is 5.78. The van der Waals surface area contributed by atoms with Gasteiger partial charge >= 0.3 is 5.97 Å². The van der Waals surface area contributed by atoms with Gasteiger partial charge in [-0.2, -0.15) is 0 Å². The fraction of sp³-hybridized carbons (Fsp3) is 0.583. The maximum absolute atomic E-state index is 11.5. The van der Waals surface area contributed by atoms with E-state index in [0.29, 0.717) is 25.1 Å². The van der Waals surface area contributed by atoms with E-state index < -0.39 is 5.97 Å². The molecule has 6 heteroatoms. The lowest BCUT2D eigenvalue weighted by molar-refractivity contribution is -0.128. The largest absolute Gasteiger partial charge is 0.464 e. The zero-order valence-electron chi connectivity index (χ0n) is 11.3. The maximum Gasteiger partial charge on any atom is 0.356 e. The van der Waals surface area contributed by atoms with Crippen molar-refractivity contribution in [2.75, 3.05) is 21.2 Å². The molecule has 1 aromatic heterocycles. The lowest BCUT2D eigenvalue weighted by Crippen LogP contribution is -2.22. The van der Waals surface area contributed by atoms with Gasteiger partial charge in [-0.1, -0.05) is 0 Å². The van der Waals surface area contributed by atoms with Crippen LogP contribution in [0, 0.1) is 6.92 Å². The molecule has 0 saturated carbocycles. The molecule has 1 rings (SSSR count). The number of carbonyl (C=O) groups is 2. The number of amides is 1. The Hall–Kier alpha value is -1.85. The van der Waals surface area contributed by atoms with Gasteiger partial charge in [-0.3, -0.25) is 4.79 Å². The van der Waals surface area contributed by atoms with Crippen LogP contribution in [-0.4, -0.2) is 47.5 Å². The Morgan fingerprint density at radius 1 is 1.44 bits per heavy atom. The van der Waals surface area contributed by atoms with Crippen LogP contribution in [0.5, 0.6) is 0 Å². The normalized spacial score (nSPS) is 10.2. The van der Waals surface area contributed by atoms with Gasteiger partial charge in [0.25, 0.3) is 0 Å². The first-order chi connectivity index (χ1) is 8.47. The standard InChI is InChI=1S/C12H19N3O3/c1-9-13-8-10(12(17)18-4)15(9)7-5-6-11(16)14(2)3/h8H,5-7H2,1-4H3. The minimum atomic E-state index is -0.408. The second-order valence-corrected chi connectivity index (χ2v) is 4.23. The molecule has 18 heavy (non-hydrogen) atoms. The summed E-state index contributed by atoms with van der Waals surface area (Å²) in [5.41, 5.74) is 0.423. The van der Waals surface area contributed by atoms with Crippen molar-refractivity contribution in [3.05, 3.63) is 17.7 Å². The average Bonchev–Trinajstić information content (AvgIpc) is 2.70. The summed E-state index contributed by atoms with van der Waals surface area (Å²) >= 11 is 0. The highest BCUT2D eigenvalue weighted by molar-refractivity contribution is 5.87. The molecule has 0 radical (unpaired) electrons. The van der Waals surface area contributed by atoms with Crippen LogP contribution in [0.3, 0.4) is 0 Å². The van der Waals surface area contributed by atoms with E-state index >= 15 is 0 Å². The number of rotatable bonds is 5. The quantitative estimate of drug-likeness (QED) is 0.730. The van der Waals surface area contributed by atoms with E-state index in [2.05, 4.69) is 9.72 Å². The zero-order chi connectivity index (χ0) is 13.7. The minimum Gasteiger partial charge on any atom is -0.464 e. The van der Waals surface area contributed by atoms with E-state index in [1.54, 1.807) is 23.6 Å². The van der Waals surface area contributed by atoms with Crippen molar-refractivity contribution in [2.24, 2.45) is 0 Å². The van der Waals surface area contributed by atoms with Gasteiger partial charge in [0.15, 0.2) is 0 Å². The Balaban J connectivity index is 2.64. The topological polar surface area (TPSA) is 64.4 Å². The smallest absolute Gasteiger partial charge is 0.356 e. The van der Waals surface area contributed by atoms with E-state index in [0.717, 1.165) is 5.82 Å². The SMILES string of the molecule is COC(=O)c1cnc(C)n1CCCC(=O)N(C)C. The number of ether oxygens (including phenoxy) is 1. The van der Waals surface area contributed by atoms with Crippen LogP contribution in [0.1, 0.15) is 29.2 Å². The lowest BCUT2D eigenvalue weighted by Gasteiger charge is -2.11. The van der Waals surface area contributed by atoms with Crippen molar-refractivity contribution in [1.82, 2.24) is 14.5 Å². The molecule has 0 N–H and O–H groups in total. The van der Waals surface area contributed by atoms with Crippen molar-refractivity contribution in [3.8, 4) is 0 Å². The minimum absolute atomic E-state index is 0.0763. The summed E-state index contributed by atoms with van der Waals surface area (Å²) in [7, 11) is 4.79. The number of hydrogen-bond acceptors (Lipinski definition) is 4. The molecular weight excluding hydrogens is 234 g/mol. The van der Waals surface area contributed by atoms with Gasteiger partial charge in [0, 0.05) is 27.1 Å². The molecule has 0 bridgehead atoms. The monoisotopic (exact) mass is 253 g/mol. The van der Waals surface area contributed by atoms with Gasteiger partial charge in [-0.25, -0.2) is 9.78 Å². The molecule has 1 heterocycles. The third-order valence-electron chi connectivity index (χ3n) is 2.72. The van der Waals surface area contributed by atoms with Crippen molar-refractivity contribution < 1.29 is 14.3 Å². The highest BCUT2D eigenvalue weighted by Crippen LogP contribution is 2.08. The Bertz CT molecular complexity index is 438. The zero-order valence-corrected chi connectivity index (χ0v) is 11.3. The lowest BCUT2D eigenvalue weighted by atomic mass is 10.2. The molecular formula is C12H19N3O3. The van der Waals surface area contributed by atoms with Crippen molar-refractivity contribution in [3.63, 3.8) is 0 Å². The molecule has 0 saturated heterocycles. The van der Waals surface area contributed by atoms with Crippen molar-refractivity contribution in [1.29, 1.82) is 0 Å². The highest BCUT2D eigenvalue weighted by atomic mass is 16.5. The Kier molecular flexibility index (Phi) is 4.88. The summed E-state index contributed by atoms with van der Waals surface area (Å²) in [5.74, 6) is 0.412. The summed E-state index contributed by atoms with van der Waals surface area (Å²) in [6, 6.07) is 0. The molecule has 0 spiro atoms. The summed E-state index contributed by atoms with van der Waals surface area (Å²) < 4.78 is 6.45. The van der Waals surface area contributed by atoms with Crippen molar-refractivity contribution in [2.45, 2.75) is 26.3 Å². The number of aryl methyl sites for hydroxylation is 1. The number of hydrogen-bond donors (Lipinski definition) is 0. The van der Waals surface area contributed by atoms with Crippen LogP contribution >= 0.6 is 0 Å². The highest BCUT2D eigenvalue weighted by Gasteiger charge is 2.15. The number of aromatic nitrogens is 2.